The van der Waals surface area contributed by atoms with Gasteiger partial charge in [0.2, 0.25) is 0 Å². The summed E-state index contributed by atoms with van der Waals surface area (Å²) in [6.45, 7) is 1.21. The third-order valence-corrected chi connectivity index (χ3v) is 4.48. The largest absolute Gasteiger partial charge is 0.313 e. The lowest BCUT2D eigenvalue weighted by molar-refractivity contribution is 0.323. The van der Waals surface area contributed by atoms with Crippen molar-refractivity contribution in [2.24, 2.45) is 0 Å². The van der Waals surface area contributed by atoms with Gasteiger partial charge in [-0.3, -0.25) is 4.98 Å². The lowest BCUT2D eigenvalue weighted by Crippen LogP contribution is -2.43. The van der Waals surface area contributed by atoms with Gasteiger partial charge in [-0.05, 0) is 49.9 Å². The Bertz CT molecular complexity index is 335. The number of hydrogen-bond donors (Lipinski definition) is 1. The second-order valence-corrected chi connectivity index (χ2v) is 5.25. The molecule has 0 amide bonds. The summed E-state index contributed by atoms with van der Waals surface area (Å²) >= 11 is 0. The molecule has 1 atom stereocenters. The normalized spacial score (nSPS) is 28.4. The van der Waals surface area contributed by atoms with E-state index in [2.05, 4.69) is 22.4 Å². The molecule has 1 unspecified atom stereocenters. The summed E-state index contributed by atoms with van der Waals surface area (Å²) in [5.74, 6) is 0. The standard InChI is InChI=1S/C14H20N2/c1-2-8-14(7-1,13-4-3-9-16-13)12-5-10-15-11-6-12/h5-6,10-11,13,16H,1-4,7-9H2. The Balaban J connectivity index is 1.96. The van der Waals surface area contributed by atoms with Crippen molar-refractivity contribution in [2.75, 3.05) is 6.54 Å². The minimum Gasteiger partial charge on any atom is -0.313 e. The maximum atomic E-state index is 4.15. The topological polar surface area (TPSA) is 24.9 Å². The molecule has 1 saturated carbocycles. The van der Waals surface area contributed by atoms with E-state index in [-0.39, 0.29) is 0 Å². The van der Waals surface area contributed by atoms with Crippen LogP contribution in [0.25, 0.3) is 0 Å². The molecular weight excluding hydrogens is 196 g/mol. The Morgan fingerprint density at radius 3 is 2.50 bits per heavy atom. The molecule has 1 aromatic heterocycles. The molecule has 3 rings (SSSR count). The van der Waals surface area contributed by atoms with Crippen molar-refractivity contribution in [3.05, 3.63) is 30.1 Å². The molecule has 86 valence electrons. The minimum absolute atomic E-state index is 0.416. The van der Waals surface area contributed by atoms with Gasteiger partial charge in [0.25, 0.3) is 0 Å². The zero-order valence-corrected chi connectivity index (χ0v) is 9.78. The van der Waals surface area contributed by atoms with Gasteiger partial charge in [0.1, 0.15) is 0 Å². The second-order valence-electron chi connectivity index (χ2n) is 5.25. The second kappa shape index (κ2) is 4.17. The SMILES string of the molecule is c1cc(C2(C3CCCN3)CCCC2)ccn1. The molecule has 0 radical (unpaired) electrons. The number of hydrogen-bond acceptors (Lipinski definition) is 2. The monoisotopic (exact) mass is 216 g/mol. The molecule has 2 heterocycles. The average molecular weight is 216 g/mol. The van der Waals surface area contributed by atoms with Crippen LogP contribution in [-0.4, -0.2) is 17.6 Å². The zero-order chi connectivity index (χ0) is 10.8. The fraction of sp³-hybridized carbons (Fsp3) is 0.643. The fourth-order valence-corrected chi connectivity index (χ4v) is 3.68. The van der Waals surface area contributed by atoms with Crippen LogP contribution in [0.4, 0.5) is 0 Å². The van der Waals surface area contributed by atoms with Crippen LogP contribution in [0.2, 0.25) is 0 Å². The smallest absolute Gasteiger partial charge is 0.0270 e. The van der Waals surface area contributed by atoms with E-state index in [1.54, 1.807) is 0 Å². The predicted molar refractivity (Wildman–Crippen MR) is 65.4 cm³/mol. The Kier molecular flexibility index (Phi) is 2.68. The Hall–Kier alpha value is -0.890. The first kappa shape index (κ1) is 10.3. The molecule has 2 fully saturated rings. The highest BCUT2D eigenvalue weighted by Gasteiger charge is 2.43. The summed E-state index contributed by atoms with van der Waals surface area (Å²) in [4.78, 5) is 4.15. The van der Waals surface area contributed by atoms with Crippen LogP contribution in [0.3, 0.4) is 0 Å². The van der Waals surface area contributed by atoms with Crippen molar-refractivity contribution in [3.8, 4) is 0 Å². The van der Waals surface area contributed by atoms with Crippen LogP contribution >= 0.6 is 0 Å². The van der Waals surface area contributed by atoms with Crippen molar-refractivity contribution in [1.29, 1.82) is 0 Å². The lowest BCUT2D eigenvalue weighted by Gasteiger charge is -2.36. The van der Waals surface area contributed by atoms with E-state index < -0.39 is 0 Å². The molecular formula is C14H20N2. The number of pyridine rings is 1. The van der Waals surface area contributed by atoms with Gasteiger partial charge in [0, 0.05) is 23.9 Å². The van der Waals surface area contributed by atoms with Crippen molar-refractivity contribution in [1.82, 2.24) is 10.3 Å². The third-order valence-electron chi connectivity index (χ3n) is 4.48. The van der Waals surface area contributed by atoms with E-state index in [0.29, 0.717) is 11.5 Å². The van der Waals surface area contributed by atoms with Gasteiger partial charge in [-0.15, -0.1) is 0 Å². The molecule has 1 aromatic rings. The van der Waals surface area contributed by atoms with Crippen molar-refractivity contribution < 1.29 is 0 Å². The summed E-state index contributed by atoms with van der Waals surface area (Å²) in [5.41, 5.74) is 1.93. The molecule has 16 heavy (non-hydrogen) atoms. The van der Waals surface area contributed by atoms with Crippen molar-refractivity contribution in [2.45, 2.75) is 50.0 Å². The van der Waals surface area contributed by atoms with Crippen LogP contribution in [0.15, 0.2) is 24.5 Å². The van der Waals surface area contributed by atoms with Gasteiger partial charge >= 0.3 is 0 Å². The van der Waals surface area contributed by atoms with Crippen LogP contribution in [0.1, 0.15) is 44.1 Å². The van der Waals surface area contributed by atoms with Crippen LogP contribution in [-0.2, 0) is 5.41 Å². The molecule has 2 aliphatic rings. The number of nitrogens with zero attached hydrogens (tertiary/aromatic N) is 1. The summed E-state index contributed by atoms with van der Waals surface area (Å²) in [7, 11) is 0. The number of nitrogens with one attached hydrogen (secondary N) is 1. The predicted octanol–water partition coefficient (Wildman–Crippen LogP) is 2.65. The van der Waals surface area contributed by atoms with Crippen molar-refractivity contribution >= 4 is 0 Å². The van der Waals surface area contributed by atoms with E-state index in [4.69, 9.17) is 0 Å². The lowest BCUT2D eigenvalue weighted by atomic mass is 9.72. The van der Waals surface area contributed by atoms with Gasteiger partial charge in [-0.1, -0.05) is 12.8 Å². The minimum atomic E-state index is 0.416. The first-order valence-electron chi connectivity index (χ1n) is 6.56. The highest BCUT2D eigenvalue weighted by atomic mass is 15.0. The maximum Gasteiger partial charge on any atom is 0.0270 e. The van der Waals surface area contributed by atoms with Crippen LogP contribution in [0.5, 0.6) is 0 Å². The molecule has 1 aliphatic heterocycles. The molecule has 0 aromatic carbocycles. The van der Waals surface area contributed by atoms with E-state index in [9.17, 15) is 0 Å². The average Bonchev–Trinajstić information content (AvgIpc) is 3.02. The maximum absolute atomic E-state index is 4.15. The van der Waals surface area contributed by atoms with Gasteiger partial charge in [-0.2, -0.15) is 0 Å². The van der Waals surface area contributed by atoms with E-state index in [1.807, 2.05) is 12.4 Å². The molecule has 1 aliphatic carbocycles. The van der Waals surface area contributed by atoms with Gasteiger partial charge < -0.3 is 5.32 Å². The third kappa shape index (κ3) is 1.56. The van der Waals surface area contributed by atoms with Gasteiger partial charge in [-0.25, -0.2) is 0 Å². The quantitative estimate of drug-likeness (QED) is 0.822. The van der Waals surface area contributed by atoms with E-state index in [1.165, 1.54) is 50.6 Å². The molecule has 0 bridgehead atoms. The Labute approximate surface area is 97.5 Å². The summed E-state index contributed by atoms with van der Waals surface area (Å²) in [6, 6.07) is 5.16. The molecule has 1 saturated heterocycles. The fourth-order valence-electron chi connectivity index (χ4n) is 3.68. The molecule has 1 N–H and O–H groups in total. The Morgan fingerprint density at radius 1 is 1.12 bits per heavy atom. The van der Waals surface area contributed by atoms with Crippen LogP contribution in [0, 0.1) is 0 Å². The number of rotatable bonds is 2. The molecule has 0 spiro atoms. The van der Waals surface area contributed by atoms with Gasteiger partial charge in [0.15, 0.2) is 0 Å². The zero-order valence-electron chi connectivity index (χ0n) is 9.78. The molecule has 2 nitrogen and oxygen atoms in total. The van der Waals surface area contributed by atoms with Crippen LogP contribution < -0.4 is 5.32 Å². The van der Waals surface area contributed by atoms with Gasteiger partial charge in [0.05, 0.1) is 0 Å². The summed E-state index contributed by atoms with van der Waals surface area (Å²) < 4.78 is 0. The van der Waals surface area contributed by atoms with Crippen molar-refractivity contribution in [3.63, 3.8) is 0 Å². The Morgan fingerprint density at radius 2 is 1.88 bits per heavy atom. The first-order chi connectivity index (χ1) is 7.92. The summed E-state index contributed by atoms with van der Waals surface area (Å²) in [5, 5.41) is 3.72. The van der Waals surface area contributed by atoms with E-state index >= 15 is 0 Å². The number of aromatic nitrogens is 1. The van der Waals surface area contributed by atoms with E-state index in [0.717, 1.165) is 0 Å². The highest BCUT2D eigenvalue weighted by Crippen LogP contribution is 2.45. The first-order valence-corrected chi connectivity index (χ1v) is 6.56. The highest BCUT2D eigenvalue weighted by molar-refractivity contribution is 5.27. The molecule has 2 heteroatoms. The summed E-state index contributed by atoms with van der Waals surface area (Å²) in [6.07, 6.45) is 12.1.